The average Bonchev–Trinajstić information content (AvgIpc) is 2.38. The first-order valence-electron chi connectivity index (χ1n) is 5.96. The fraction of sp³-hybridized carbons (Fsp3) is 0.462. The van der Waals surface area contributed by atoms with Gasteiger partial charge in [0.1, 0.15) is 0 Å². The Balaban J connectivity index is 0.00000162. The number of hydrogen-bond acceptors (Lipinski definition) is 3. The van der Waals surface area contributed by atoms with E-state index in [1.165, 1.54) is 0 Å². The van der Waals surface area contributed by atoms with Crippen LogP contribution in [-0.2, 0) is 11.3 Å². The number of primary amides is 1. The molecular weight excluding hydrogens is 252 g/mol. The SMILES string of the molecule is Cl.NC(=O)c1ccccc1CNC1CCOCC1. The lowest BCUT2D eigenvalue weighted by atomic mass is 10.1. The number of carbonyl (C=O) groups is 1. The molecule has 1 aromatic carbocycles. The van der Waals surface area contributed by atoms with Gasteiger partial charge in [-0.15, -0.1) is 12.4 Å². The summed E-state index contributed by atoms with van der Waals surface area (Å²) in [4.78, 5) is 11.2. The fourth-order valence-corrected chi connectivity index (χ4v) is 2.07. The third kappa shape index (κ3) is 3.98. The van der Waals surface area contributed by atoms with Crippen LogP contribution in [0.5, 0.6) is 0 Å². The number of hydrogen-bond donors (Lipinski definition) is 2. The van der Waals surface area contributed by atoms with Crippen molar-refractivity contribution in [2.24, 2.45) is 5.73 Å². The highest BCUT2D eigenvalue weighted by Crippen LogP contribution is 2.11. The number of nitrogens with one attached hydrogen (secondary N) is 1. The van der Waals surface area contributed by atoms with E-state index < -0.39 is 0 Å². The molecule has 1 fully saturated rings. The van der Waals surface area contributed by atoms with Crippen molar-refractivity contribution in [3.8, 4) is 0 Å². The second kappa shape index (κ2) is 7.36. The van der Waals surface area contributed by atoms with Crippen molar-refractivity contribution in [1.82, 2.24) is 5.32 Å². The molecule has 100 valence electrons. The Morgan fingerprint density at radius 2 is 2.00 bits per heavy atom. The number of carbonyl (C=O) groups excluding carboxylic acids is 1. The van der Waals surface area contributed by atoms with E-state index in [1.54, 1.807) is 6.07 Å². The molecule has 1 aliphatic rings. The van der Waals surface area contributed by atoms with Crippen LogP contribution in [0.25, 0.3) is 0 Å². The summed E-state index contributed by atoms with van der Waals surface area (Å²) in [5.41, 5.74) is 6.90. The van der Waals surface area contributed by atoms with Gasteiger partial charge in [0.2, 0.25) is 5.91 Å². The molecule has 18 heavy (non-hydrogen) atoms. The Bertz CT molecular complexity index is 392. The second-order valence-corrected chi connectivity index (χ2v) is 4.29. The lowest BCUT2D eigenvalue weighted by Gasteiger charge is -2.23. The molecule has 3 N–H and O–H groups in total. The van der Waals surface area contributed by atoms with Gasteiger partial charge in [-0.1, -0.05) is 18.2 Å². The lowest BCUT2D eigenvalue weighted by molar-refractivity contribution is 0.0775. The van der Waals surface area contributed by atoms with Gasteiger partial charge >= 0.3 is 0 Å². The zero-order valence-corrected chi connectivity index (χ0v) is 11.0. The van der Waals surface area contributed by atoms with Gasteiger partial charge in [-0.2, -0.15) is 0 Å². The normalized spacial score (nSPS) is 16.0. The highest BCUT2D eigenvalue weighted by molar-refractivity contribution is 5.94. The molecule has 0 bridgehead atoms. The van der Waals surface area contributed by atoms with Crippen molar-refractivity contribution < 1.29 is 9.53 Å². The van der Waals surface area contributed by atoms with Crippen LogP contribution < -0.4 is 11.1 Å². The Morgan fingerprint density at radius 3 is 2.67 bits per heavy atom. The van der Waals surface area contributed by atoms with Gasteiger partial charge in [0, 0.05) is 31.4 Å². The van der Waals surface area contributed by atoms with Crippen molar-refractivity contribution in [3.63, 3.8) is 0 Å². The highest BCUT2D eigenvalue weighted by Gasteiger charge is 2.14. The molecule has 0 aliphatic carbocycles. The number of nitrogens with two attached hydrogens (primary N) is 1. The summed E-state index contributed by atoms with van der Waals surface area (Å²) in [6.07, 6.45) is 2.05. The maximum atomic E-state index is 11.2. The average molecular weight is 271 g/mol. The number of halogens is 1. The topological polar surface area (TPSA) is 64.4 Å². The molecule has 0 aromatic heterocycles. The minimum absolute atomic E-state index is 0. The maximum absolute atomic E-state index is 11.2. The molecule has 0 atom stereocenters. The fourth-order valence-electron chi connectivity index (χ4n) is 2.07. The van der Waals surface area contributed by atoms with E-state index in [0.29, 0.717) is 18.2 Å². The molecular formula is C13H19ClN2O2. The van der Waals surface area contributed by atoms with Gasteiger partial charge in [-0.3, -0.25) is 4.79 Å². The van der Waals surface area contributed by atoms with Gasteiger partial charge in [-0.05, 0) is 24.5 Å². The van der Waals surface area contributed by atoms with Crippen LogP contribution in [0.4, 0.5) is 0 Å². The van der Waals surface area contributed by atoms with Crippen molar-refractivity contribution in [2.75, 3.05) is 13.2 Å². The maximum Gasteiger partial charge on any atom is 0.249 e. The molecule has 5 heteroatoms. The van der Waals surface area contributed by atoms with E-state index in [-0.39, 0.29) is 18.3 Å². The molecule has 0 radical (unpaired) electrons. The van der Waals surface area contributed by atoms with Crippen molar-refractivity contribution >= 4 is 18.3 Å². The zero-order chi connectivity index (χ0) is 12.1. The molecule has 1 heterocycles. The Hall–Kier alpha value is -1.10. The highest BCUT2D eigenvalue weighted by atomic mass is 35.5. The van der Waals surface area contributed by atoms with Crippen LogP contribution in [0.3, 0.4) is 0 Å². The lowest BCUT2D eigenvalue weighted by Crippen LogP contribution is -2.34. The summed E-state index contributed by atoms with van der Waals surface area (Å²) in [7, 11) is 0. The molecule has 1 aromatic rings. The van der Waals surface area contributed by atoms with Crippen LogP contribution in [0.1, 0.15) is 28.8 Å². The molecule has 1 saturated heterocycles. The van der Waals surface area contributed by atoms with E-state index >= 15 is 0 Å². The summed E-state index contributed by atoms with van der Waals surface area (Å²) < 4.78 is 5.30. The predicted molar refractivity (Wildman–Crippen MR) is 72.9 cm³/mol. The Morgan fingerprint density at radius 1 is 1.33 bits per heavy atom. The monoisotopic (exact) mass is 270 g/mol. The van der Waals surface area contributed by atoms with Crippen molar-refractivity contribution in [3.05, 3.63) is 35.4 Å². The van der Waals surface area contributed by atoms with Crippen LogP contribution in [0, 0.1) is 0 Å². The van der Waals surface area contributed by atoms with Crippen molar-refractivity contribution in [1.29, 1.82) is 0 Å². The number of ether oxygens (including phenoxy) is 1. The summed E-state index contributed by atoms with van der Waals surface area (Å²) in [6.45, 7) is 2.31. The summed E-state index contributed by atoms with van der Waals surface area (Å²) in [6, 6.07) is 7.94. The molecule has 1 aliphatic heterocycles. The standard InChI is InChI=1S/C13H18N2O2.ClH/c14-13(16)12-4-2-1-3-10(12)9-15-11-5-7-17-8-6-11;/h1-4,11,15H,5-9H2,(H2,14,16);1H. The van der Waals surface area contributed by atoms with E-state index in [2.05, 4.69) is 5.32 Å². The first-order valence-corrected chi connectivity index (χ1v) is 5.96. The minimum atomic E-state index is -0.366. The smallest absolute Gasteiger partial charge is 0.249 e. The zero-order valence-electron chi connectivity index (χ0n) is 10.2. The Labute approximate surface area is 113 Å². The van der Waals surface area contributed by atoms with E-state index in [9.17, 15) is 4.79 Å². The molecule has 0 spiro atoms. The first-order chi connectivity index (χ1) is 8.27. The third-order valence-electron chi connectivity index (χ3n) is 3.09. The summed E-state index contributed by atoms with van der Waals surface area (Å²) in [5.74, 6) is -0.366. The van der Waals surface area contributed by atoms with Crippen LogP contribution >= 0.6 is 12.4 Å². The van der Waals surface area contributed by atoms with Gasteiger partial charge in [0.25, 0.3) is 0 Å². The number of amides is 1. The largest absolute Gasteiger partial charge is 0.381 e. The summed E-state index contributed by atoms with van der Waals surface area (Å²) in [5, 5.41) is 3.45. The first kappa shape index (κ1) is 15.0. The van der Waals surface area contributed by atoms with Crippen LogP contribution in [0.15, 0.2) is 24.3 Å². The molecule has 0 unspecified atom stereocenters. The van der Waals surface area contributed by atoms with E-state index in [4.69, 9.17) is 10.5 Å². The van der Waals surface area contributed by atoms with E-state index in [1.807, 2.05) is 18.2 Å². The number of benzene rings is 1. The van der Waals surface area contributed by atoms with Gasteiger partial charge in [0.05, 0.1) is 0 Å². The van der Waals surface area contributed by atoms with Gasteiger partial charge in [-0.25, -0.2) is 0 Å². The molecule has 0 saturated carbocycles. The summed E-state index contributed by atoms with van der Waals surface area (Å²) >= 11 is 0. The molecule has 2 rings (SSSR count). The second-order valence-electron chi connectivity index (χ2n) is 4.29. The van der Waals surface area contributed by atoms with Gasteiger partial charge < -0.3 is 15.8 Å². The van der Waals surface area contributed by atoms with E-state index in [0.717, 1.165) is 31.6 Å². The third-order valence-corrected chi connectivity index (χ3v) is 3.09. The minimum Gasteiger partial charge on any atom is -0.381 e. The predicted octanol–water partition coefficient (Wildman–Crippen LogP) is 1.48. The quantitative estimate of drug-likeness (QED) is 0.871. The molecule has 4 nitrogen and oxygen atoms in total. The van der Waals surface area contributed by atoms with Crippen LogP contribution in [0.2, 0.25) is 0 Å². The van der Waals surface area contributed by atoms with Crippen molar-refractivity contribution in [2.45, 2.75) is 25.4 Å². The number of rotatable bonds is 4. The Kier molecular flexibility index (Phi) is 6.12. The van der Waals surface area contributed by atoms with Crippen LogP contribution in [-0.4, -0.2) is 25.2 Å². The van der Waals surface area contributed by atoms with Gasteiger partial charge in [0.15, 0.2) is 0 Å². The molecule has 1 amide bonds.